The summed E-state index contributed by atoms with van der Waals surface area (Å²) in [4.78, 5) is 6.72. The molecule has 88 valence electrons. The first kappa shape index (κ1) is 10.4. The van der Waals surface area contributed by atoms with E-state index >= 15 is 0 Å². The van der Waals surface area contributed by atoms with E-state index < -0.39 is 0 Å². The van der Waals surface area contributed by atoms with E-state index in [1.54, 1.807) is 0 Å². The first-order valence-corrected chi connectivity index (χ1v) is 6.20. The number of nitrogens with zero attached hydrogens (tertiary/aromatic N) is 3. The molecule has 2 heterocycles. The fourth-order valence-electron chi connectivity index (χ4n) is 2.47. The molecule has 1 aliphatic heterocycles. The minimum atomic E-state index is 1.03. The van der Waals surface area contributed by atoms with Crippen molar-refractivity contribution in [2.75, 3.05) is 18.0 Å². The topological polar surface area (TPSA) is 21.1 Å². The Hall–Kier alpha value is -1.77. The summed E-state index contributed by atoms with van der Waals surface area (Å²) in [5.74, 6) is 1.03. The van der Waals surface area contributed by atoms with Crippen LogP contribution in [0.1, 0.15) is 18.7 Å². The Bertz CT molecular complexity index is 510. The third kappa shape index (κ3) is 1.93. The predicted octanol–water partition coefficient (Wildman–Crippen LogP) is 2.78. The molecule has 0 spiro atoms. The number of imidazole rings is 1. The van der Waals surface area contributed by atoms with Gasteiger partial charge in [-0.1, -0.05) is 6.07 Å². The van der Waals surface area contributed by atoms with Crippen LogP contribution in [-0.4, -0.2) is 22.6 Å². The van der Waals surface area contributed by atoms with E-state index in [1.807, 2.05) is 19.3 Å². The van der Waals surface area contributed by atoms with Crippen LogP contribution in [-0.2, 0) is 0 Å². The van der Waals surface area contributed by atoms with Crippen molar-refractivity contribution < 1.29 is 0 Å². The maximum absolute atomic E-state index is 4.27. The number of hydrogen-bond acceptors (Lipinski definition) is 2. The molecule has 1 aliphatic rings. The average Bonchev–Trinajstić information content (AvgIpc) is 2.99. The van der Waals surface area contributed by atoms with Gasteiger partial charge in [0.15, 0.2) is 0 Å². The van der Waals surface area contributed by atoms with Gasteiger partial charge in [0.25, 0.3) is 0 Å². The molecule has 1 aromatic carbocycles. The summed E-state index contributed by atoms with van der Waals surface area (Å²) >= 11 is 0. The van der Waals surface area contributed by atoms with Crippen molar-refractivity contribution in [3.8, 4) is 5.69 Å². The molecule has 2 aromatic rings. The van der Waals surface area contributed by atoms with Crippen molar-refractivity contribution in [2.45, 2.75) is 19.8 Å². The molecule has 3 nitrogen and oxygen atoms in total. The van der Waals surface area contributed by atoms with Crippen molar-refractivity contribution in [2.24, 2.45) is 0 Å². The monoisotopic (exact) mass is 227 g/mol. The van der Waals surface area contributed by atoms with E-state index in [0.717, 1.165) is 5.82 Å². The maximum atomic E-state index is 4.27. The fourth-order valence-corrected chi connectivity index (χ4v) is 2.47. The van der Waals surface area contributed by atoms with Crippen LogP contribution in [0.2, 0.25) is 0 Å². The zero-order chi connectivity index (χ0) is 11.7. The van der Waals surface area contributed by atoms with Crippen LogP contribution in [0.25, 0.3) is 5.69 Å². The van der Waals surface area contributed by atoms with Gasteiger partial charge in [0, 0.05) is 36.9 Å². The van der Waals surface area contributed by atoms with Gasteiger partial charge in [0.05, 0.1) is 0 Å². The van der Waals surface area contributed by atoms with Crippen molar-refractivity contribution in [3.63, 3.8) is 0 Å². The van der Waals surface area contributed by atoms with E-state index in [1.165, 1.54) is 37.3 Å². The molecule has 3 rings (SSSR count). The third-order valence-electron chi connectivity index (χ3n) is 3.40. The van der Waals surface area contributed by atoms with E-state index in [9.17, 15) is 0 Å². The SMILES string of the molecule is Cc1nccn1-c1cccc(N2CCCC2)c1. The van der Waals surface area contributed by atoms with Crippen LogP contribution >= 0.6 is 0 Å². The van der Waals surface area contributed by atoms with Gasteiger partial charge in [-0.25, -0.2) is 4.98 Å². The summed E-state index contributed by atoms with van der Waals surface area (Å²) in [7, 11) is 0. The molecule has 17 heavy (non-hydrogen) atoms. The minimum Gasteiger partial charge on any atom is -0.371 e. The van der Waals surface area contributed by atoms with Crippen LogP contribution < -0.4 is 4.90 Å². The quantitative estimate of drug-likeness (QED) is 0.786. The summed E-state index contributed by atoms with van der Waals surface area (Å²) in [6, 6.07) is 8.71. The Kier molecular flexibility index (Phi) is 2.59. The van der Waals surface area contributed by atoms with Gasteiger partial charge in [-0.2, -0.15) is 0 Å². The number of aryl methyl sites for hydroxylation is 1. The summed E-state index contributed by atoms with van der Waals surface area (Å²) in [6.07, 6.45) is 6.49. The van der Waals surface area contributed by atoms with Gasteiger partial charge in [-0.15, -0.1) is 0 Å². The summed E-state index contributed by atoms with van der Waals surface area (Å²) < 4.78 is 2.12. The van der Waals surface area contributed by atoms with Crippen LogP contribution in [0.5, 0.6) is 0 Å². The molecule has 0 N–H and O–H groups in total. The minimum absolute atomic E-state index is 1.03. The molecule has 0 saturated carbocycles. The number of rotatable bonds is 2. The highest BCUT2D eigenvalue weighted by Crippen LogP contribution is 2.23. The molecule has 0 bridgehead atoms. The highest BCUT2D eigenvalue weighted by atomic mass is 15.1. The van der Waals surface area contributed by atoms with Crippen molar-refractivity contribution in [3.05, 3.63) is 42.5 Å². The van der Waals surface area contributed by atoms with Gasteiger partial charge < -0.3 is 9.47 Å². The first-order chi connectivity index (χ1) is 8.34. The Labute approximate surface area is 102 Å². The molecule has 1 fully saturated rings. The molecule has 0 atom stereocenters. The summed E-state index contributed by atoms with van der Waals surface area (Å²) in [6.45, 7) is 4.40. The zero-order valence-corrected chi connectivity index (χ0v) is 10.1. The molecule has 0 aliphatic carbocycles. The second kappa shape index (κ2) is 4.24. The van der Waals surface area contributed by atoms with Crippen LogP contribution in [0.15, 0.2) is 36.7 Å². The van der Waals surface area contributed by atoms with Crippen molar-refractivity contribution in [1.29, 1.82) is 0 Å². The molecule has 3 heteroatoms. The first-order valence-electron chi connectivity index (χ1n) is 6.20. The smallest absolute Gasteiger partial charge is 0.110 e. The molecule has 0 radical (unpaired) electrons. The Morgan fingerprint density at radius 2 is 1.88 bits per heavy atom. The molecule has 0 unspecified atom stereocenters. The normalized spacial score (nSPS) is 15.5. The van der Waals surface area contributed by atoms with Gasteiger partial charge >= 0.3 is 0 Å². The van der Waals surface area contributed by atoms with E-state index in [4.69, 9.17) is 0 Å². The lowest BCUT2D eigenvalue weighted by molar-refractivity contribution is 0.949. The standard InChI is InChI=1S/C14H17N3/c1-12-15-7-10-17(12)14-6-4-5-13(11-14)16-8-2-3-9-16/h4-7,10-11H,2-3,8-9H2,1H3. The molecular weight excluding hydrogens is 210 g/mol. The predicted molar refractivity (Wildman–Crippen MR) is 69.7 cm³/mol. The van der Waals surface area contributed by atoms with E-state index in [2.05, 4.69) is 38.7 Å². The Morgan fingerprint density at radius 1 is 1.12 bits per heavy atom. The Balaban J connectivity index is 1.96. The van der Waals surface area contributed by atoms with Crippen molar-refractivity contribution in [1.82, 2.24) is 9.55 Å². The Morgan fingerprint density at radius 3 is 2.59 bits per heavy atom. The summed E-state index contributed by atoms with van der Waals surface area (Å²) in [5.41, 5.74) is 2.53. The lowest BCUT2D eigenvalue weighted by Gasteiger charge is -2.18. The largest absolute Gasteiger partial charge is 0.371 e. The van der Waals surface area contributed by atoms with Gasteiger partial charge in [0.2, 0.25) is 0 Å². The van der Waals surface area contributed by atoms with Gasteiger partial charge in [-0.3, -0.25) is 0 Å². The molecule has 1 saturated heterocycles. The second-order valence-corrected chi connectivity index (χ2v) is 4.56. The van der Waals surface area contributed by atoms with Crippen LogP contribution in [0.3, 0.4) is 0 Å². The van der Waals surface area contributed by atoms with E-state index in [0.29, 0.717) is 0 Å². The molecule has 1 aromatic heterocycles. The van der Waals surface area contributed by atoms with Gasteiger partial charge in [-0.05, 0) is 38.0 Å². The average molecular weight is 227 g/mol. The lowest BCUT2D eigenvalue weighted by atomic mass is 10.2. The second-order valence-electron chi connectivity index (χ2n) is 4.56. The molecular formula is C14H17N3. The summed E-state index contributed by atoms with van der Waals surface area (Å²) in [5, 5.41) is 0. The van der Waals surface area contributed by atoms with Crippen LogP contribution in [0.4, 0.5) is 5.69 Å². The zero-order valence-electron chi connectivity index (χ0n) is 10.1. The lowest BCUT2D eigenvalue weighted by Crippen LogP contribution is -2.17. The maximum Gasteiger partial charge on any atom is 0.110 e. The fraction of sp³-hybridized carbons (Fsp3) is 0.357. The van der Waals surface area contributed by atoms with Gasteiger partial charge in [0.1, 0.15) is 5.82 Å². The number of benzene rings is 1. The highest BCUT2D eigenvalue weighted by molar-refractivity contribution is 5.54. The van der Waals surface area contributed by atoms with Crippen molar-refractivity contribution >= 4 is 5.69 Å². The number of anilines is 1. The number of hydrogen-bond donors (Lipinski definition) is 0. The van der Waals surface area contributed by atoms with E-state index in [-0.39, 0.29) is 0 Å². The number of aromatic nitrogens is 2. The molecule has 0 amide bonds. The highest BCUT2D eigenvalue weighted by Gasteiger charge is 2.12. The third-order valence-corrected chi connectivity index (χ3v) is 3.40. The van der Waals surface area contributed by atoms with Crippen LogP contribution in [0, 0.1) is 6.92 Å².